The minimum atomic E-state index is -0.764. The lowest BCUT2D eigenvalue weighted by atomic mass is 9.96. The molecule has 1 saturated heterocycles. The summed E-state index contributed by atoms with van der Waals surface area (Å²) in [6, 6.07) is 4.52. The first-order valence-corrected chi connectivity index (χ1v) is 8.77. The molecule has 0 aromatic carbocycles. The average molecular weight is 346 g/mol. The quantitative estimate of drug-likeness (QED) is 0.798. The van der Waals surface area contributed by atoms with Crippen LogP contribution in [0.1, 0.15) is 50.4 Å². The Labute approximate surface area is 143 Å². The Hall–Kier alpha value is -0.620. The van der Waals surface area contributed by atoms with Gasteiger partial charge in [0.1, 0.15) is 0 Å². The number of nitrogens with two attached hydrogens (primary N) is 1. The highest BCUT2D eigenvalue weighted by molar-refractivity contribution is 7.10. The third-order valence-electron chi connectivity index (χ3n) is 4.20. The second kappa shape index (κ2) is 8.87. The first kappa shape index (κ1) is 19.4. The fourth-order valence-electron chi connectivity index (χ4n) is 2.97. The van der Waals surface area contributed by atoms with Gasteiger partial charge in [0.25, 0.3) is 0 Å². The molecule has 2 unspecified atom stereocenters. The van der Waals surface area contributed by atoms with Crippen molar-refractivity contribution in [2.45, 2.75) is 51.1 Å². The molecule has 1 aromatic rings. The second-order valence-corrected chi connectivity index (χ2v) is 7.13. The van der Waals surface area contributed by atoms with E-state index in [-0.39, 0.29) is 24.4 Å². The van der Waals surface area contributed by atoms with Gasteiger partial charge in [-0.1, -0.05) is 19.4 Å². The molecule has 0 spiro atoms. The number of nitrogens with zero attached hydrogens (tertiary/aromatic N) is 1. The predicted octanol–water partition coefficient (Wildman–Crippen LogP) is 2.94. The van der Waals surface area contributed by atoms with Crippen molar-refractivity contribution in [3.8, 4) is 0 Å². The van der Waals surface area contributed by atoms with Crippen molar-refractivity contribution in [3.05, 3.63) is 22.4 Å². The van der Waals surface area contributed by atoms with Crippen LogP contribution in [0.15, 0.2) is 17.5 Å². The van der Waals surface area contributed by atoms with Crippen molar-refractivity contribution >= 4 is 29.7 Å². The molecule has 4 nitrogen and oxygen atoms in total. The molecule has 2 heterocycles. The maximum Gasteiger partial charge on any atom is 0.239 e. The number of hydrogen-bond donors (Lipinski definition) is 2. The van der Waals surface area contributed by atoms with E-state index >= 15 is 0 Å². The molecule has 1 amide bonds. The largest absolute Gasteiger partial charge is 0.353 e. The third kappa shape index (κ3) is 4.95. The van der Waals surface area contributed by atoms with Crippen LogP contribution in [0, 0.1) is 0 Å². The van der Waals surface area contributed by atoms with Crippen molar-refractivity contribution in [2.24, 2.45) is 5.73 Å². The van der Waals surface area contributed by atoms with E-state index in [1.54, 1.807) is 11.3 Å². The highest BCUT2D eigenvalue weighted by Crippen LogP contribution is 2.28. The molecule has 1 aliphatic rings. The number of thiophene rings is 1. The Morgan fingerprint density at radius 2 is 2.18 bits per heavy atom. The van der Waals surface area contributed by atoms with Gasteiger partial charge in [0.15, 0.2) is 0 Å². The summed E-state index contributed by atoms with van der Waals surface area (Å²) in [5.74, 6) is -0.0369. The van der Waals surface area contributed by atoms with Gasteiger partial charge in [-0.2, -0.15) is 0 Å². The third-order valence-corrected chi connectivity index (χ3v) is 5.17. The highest BCUT2D eigenvalue weighted by atomic mass is 35.5. The number of likely N-dealkylation sites (tertiary alicyclic amines) is 1. The lowest BCUT2D eigenvalue weighted by Crippen LogP contribution is -2.52. The number of hydrogen-bond acceptors (Lipinski definition) is 4. The van der Waals surface area contributed by atoms with Crippen molar-refractivity contribution in [2.75, 3.05) is 19.6 Å². The van der Waals surface area contributed by atoms with Crippen LogP contribution < -0.4 is 11.1 Å². The molecular weight excluding hydrogens is 318 g/mol. The molecule has 1 aliphatic heterocycles. The standard InChI is InChI=1S/C16H27N3OS.ClH/c1-3-8-16(2,17)15(20)18-12-13(14-7-6-11-21-14)19-9-4-5-10-19;/h6-7,11,13H,3-5,8-10,12,17H2,1-2H3,(H,18,20);1H. The molecular formula is C16H28ClN3OS. The number of halogens is 1. The topological polar surface area (TPSA) is 58.4 Å². The van der Waals surface area contributed by atoms with Crippen LogP contribution in [0.4, 0.5) is 0 Å². The minimum Gasteiger partial charge on any atom is -0.353 e. The van der Waals surface area contributed by atoms with Gasteiger partial charge in [-0.05, 0) is 50.7 Å². The van der Waals surface area contributed by atoms with Gasteiger partial charge >= 0.3 is 0 Å². The summed E-state index contributed by atoms with van der Waals surface area (Å²) in [6.45, 7) is 6.76. The van der Waals surface area contributed by atoms with Gasteiger partial charge in [-0.25, -0.2) is 0 Å². The molecule has 22 heavy (non-hydrogen) atoms. The molecule has 6 heteroatoms. The van der Waals surface area contributed by atoms with Crippen LogP contribution in [0.5, 0.6) is 0 Å². The molecule has 2 atom stereocenters. The van der Waals surface area contributed by atoms with Gasteiger partial charge in [-0.3, -0.25) is 9.69 Å². The van der Waals surface area contributed by atoms with E-state index in [1.165, 1.54) is 17.7 Å². The van der Waals surface area contributed by atoms with E-state index in [0.717, 1.165) is 19.5 Å². The van der Waals surface area contributed by atoms with Gasteiger partial charge in [0.2, 0.25) is 5.91 Å². The molecule has 0 saturated carbocycles. The second-order valence-electron chi connectivity index (χ2n) is 6.15. The summed E-state index contributed by atoms with van der Waals surface area (Å²) in [5.41, 5.74) is 5.34. The Bertz CT molecular complexity index is 444. The van der Waals surface area contributed by atoms with Crippen molar-refractivity contribution in [3.63, 3.8) is 0 Å². The van der Waals surface area contributed by atoms with Crippen molar-refractivity contribution in [1.82, 2.24) is 10.2 Å². The van der Waals surface area contributed by atoms with E-state index in [1.807, 2.05) is 6.92 Å². The predicted molar refractivity (Wildman–Crippen MR) is 95.6 cm³/mol. The Morgan fingerprint density at radius 3 is 2.73 bits per heavy atom. The fourth-order valence-corrected chi connectivity index (χ4v) is 3.83. The molecule has 0 aliphatic carbocycles. The van der Waals surface area contributed by atoms with Crippen LogP contribution in [-0.4, -0.2) is 36.0 Å². The molecule has 1 fully saturated rings. The summed E-state index contributed by atoms with van der Waals surface area (Å²) in [7, 11) is 0. The molecule has 0 bridgehead atoms. The van der Waals surface area contributed by atoms with Gasteiger partial charge in [0.05, 0.1) is 11.6 Å². The monoisotopic (exact) mass is 345 g/mol. The van der Waals surface area contributed by atoms with E-state index in [2.05, 4.69) is 34.7 Å². The molecule has 0 radical (unpaired) electrons. The van der Waals surface area contributed by atoms with Crippen LogP contribution in [0.2, 0.25) is 0 Å². The normalized spacial score (nSPS) is 19.2. The maximum absolute atomic E-state index is 12.3. The lowest BCUT2D eigenvalue weighted by Gasteiger charge is -2.29. The Kier molecular flexibility index (Phi) is 7.83. The van der Waals surface area contributed by atoms with E-state index in [4.69, 9.17) is 5.73 Å². The van der Waals surface area contributed by atoms with Crippen molar-refractivity contribution in [1.29, 1.82) is 0 Å². The number of nitrogens with one attached hydrogen (secondary N) is 1. The molecule has 126 valence electrons. The molecule has 3 N–H and O–H groups in total. The summed E-state index contributed by atoms with van der Waals surface area (Å²) >= 11 is 1.76. The van der Waals surface area contributed by atoms with Crippen LogP contribution in [0.3, 0.4) is 0 Å². The summed E-state index contributed by atoms with van der Waals surface area (Å²) < 4.78 is 0. The van der Waals surface area contributed by atoms with E-state index < -0.39 is 5.54 Å². The van der Waals surface area contributed by atoms with Gasteiger partial charge < -0.3 is 11.1 Å². The van der Waals surface area contributed by atoms with Crippen molar-refractivity contribution < 1.29 is 4.79 Å². The zero-order chi connectivity index (χ0) is 15.3. The zero-order valence-corrected chi connectivity index (χ0v) is 15.1. The number of carbonyl (C=O) groups is 1. The number of carbonyl (C=O) groups excluding carboxylic acids is 1. The van der Waals surface area contributed by atoms with Crippen LogP contribution in [-0.2, 0) is 4.79 Å². The van der Waals surface area contributed by atoms with Crippen LogP contribution >= 0.6 is 23.7 Å². The number of amides is 1. The van der Waals surface area contributed by atoms with Gasteiger partial charge in [-0.15, -0.1) is 23.7 Å². The highest BCUT2D eigenvalue weighted by Gasteiger charge is 2.29. The Morgan fingerprint density at radius 1 is 1.50 bits per heavy atom. The maximum atomic E-state index is 12.3. The molecule has 2 rings (SSSR count). The fraction of sp³-hybridized carbons (Fsp3) is 0.688. The minimum absolute atomic E-state index is 0. The lowest BCUT2D eigenvalue weighted by molar-refractivity contribution is -0.126. The summed E-state index contributed by atoms with van der Waals surface area (Å²) in [5, 5.41) is 5.18. The SMILES string of the molecule is CCCC(C)(N)C(=O)NCC(c1cccs1)N1CCCC1.Cl. The number of rotatable bonds is 7. The van der Waals surface area contributed by atoms with E-state index in [0.29, 0.717) is 13.0 Å². The van der Waals surface area contributed by atoms with E-state index in [9.17, 15) is 4.79 Å². The first-order valence-electron chi connectivity index (χ1n) is 7.89. The zero-order valence-electron chi connectivity index (χ0n) is 13.5. The molecule has 1 aromatic heterocycles. The summed E-state index contributed by atoms with van der Waals surface area (Å²) in [4.78, 5) is 16.1. The van der Waals surface area contributed by atoms with Crippen LogP contribution in [0.25, 0.3) is 0 Å². The van der Waals surface area contributed by atoms with Gasteiger partial charge in [0, 0.05) is 11.4 Å². The first-order chi connectivity index (χ1) is 10.0. The Balaban J connectivity index is 0.00000242. The average Bonchev–Trinajstić information content (AvgIpc) is 3.12. The summed E-state index contributed by atoms with van der Waals surface area (Å²) in [6.07, 6.45) is 4.13. The smallest absolute Gasteiger partial charge is 0.239 e.